The molecule has 0 N–H and O–H groups in total. The predicted octanol–water partition coefficient (Wildman–Crippen LogP) is 3.56. The normalized spacial score (nSPS) is 9.84. The highest BCUT2D eigenvalue weighted by Gasteiger charge is 2.19. The van der Waals surface area contributed by atoms with Gasteiger partial charge >= 0.3 is 12.1 Å². The number of carbonyl (C=O) groups excluding carboxylic acids is 2. The minimum absolute atomic E-state index is 0.107. The number of benzene rings is 2. The van der Waals surface area contributed by atoms with Crippen LogP contribution in [0.5, 0.6) is 11.5 Å². The van der Waals surface area contributed by atoms with Crippen LogP contribution in [0.1, 0.15) is 21.5 Å². The van der Waals surface area contributed by atoms with Crippen LogP contribution in [-0.2, 0) is 16.1 Å². The number of hydrogen-bond acceptors (Lipinski definition) is 8. The fourth-order valence-corrected chi connectivity index (χ4v) is 2.18. The van der Waals surface area contributed by atoms with E-state index in [-0.39, 0.29) is 23.5 Å². The largest absolute Gasteiger partial charge is 0.514 e. The molecule has 0 saturated carbocycles. The summed E-state index contributed by atoms with van der Waals surface area (Å²) < 4.78 is 14.7. The summed E-state index contributed by atoms with van der Waals surface area (Å²) in [5, 5.41) is 2.34. The zero-order valence-corrected chi connectivity index (χ0v) is 13.6. The molecule has 0 aliphatic heterocycles. The fraction of sp³-hybridized carbons (Fsp3) is 0.176. The molecule has 0 fully saturated rings. The van der Waals surface area contributed by atoms with Gasteiger partial charge in [-0.25, -0.2) is 9.59 Å². The molecule has 0 saturated heterocycles. The molecule has 0 spiro atoms. The van der Waals surface area contributed by atoms with Crippen molar-refractivity contribution in [1.82, 2.24) is 0 Å². The van der Waals surface area contributed by atoms with Crippen molar-refractivity contribution in [2.45, 2.75) is 13.5 Å². The summed E-state index contributed by atoms with van der Waals surface area (Å²) in [6, 6.07) is 11.2. The lowest BCUT2D eigenvalue weighted by molar-refractivity contribution is 0.0589. The molecule has 2 rings (SSSR count). The van der Waals surface area contributed by atoms with Crippen LogP contribution in [0.15, 0.2) is 47.8 Å². The summed E-state index contributed by atoms with van der Waals surface area (Å²) in [5.41, 5.74) is 0.965. The lowest BCUT2D eigenvalue weighted by Gasteiger charge is -2.12. The second-order valence-electron chi connectivity index (χ2n) is 4.89. The first-order chi connectivity index (χ1) is 12.0. The Bertz CT molecular complexity index is 774. The van der Waals surface area contributed by atoms with Crippen LogP contribution in [0.3, 0.4) is 0 Å². The third-order valence-electron chi connectivity index (χ3n) is 3.21. The molecule has 0 bridgehead atoms. The quantitative estimate of drug-likeness (QED) is 0.341. The van der Waals surface area contributed by atoms with Crippen molar-refractivity contribution in [3.8, 4) is 11.5 Å². The highest BCUT2D eigenvalue weighted by Crippen LogP contribution is 2.24. The molecule has 0 aromatic heterocycles. The van der Waals surface area contributed by atoms with E-state index in [1.807, 2.05) is 0 Å². The molecule has 0 radical (unpaired) electrons. The van der Waals surface area contributed by atoms with E-state index in [1.165, 1.54) is 19.2 Å². The van der Waals surface area contributed by atoms with Crippen LogP contribution in [0.2, 0.25) is 0 Å². The Balaban J connectivity index is 2.17. The van der Waals surface area contributed by atoms with Crippen LogP contribution in [0, 0.1) is 11.8 Å². The molecule has 0 unspecified atom stereocenters. The Labute approximate surface area is 143 Å². The van der Waals surface area contributed by atoms with E-state index in [9.17, 15) is 14.5 Å². The smallest absolute Gasteiger partial charge is 0.465 e. The molecule has 25 heavy (non-hydrogen) atoms. The van der Waals surface area contributed by atoms with E-state index in [4.69, 9.17) is 14.2 Å². The summed E-state index contributed by atoms with van der Waals surface area (Å²) in [7, 11) is 1.23. The monoisotopic (exact) mass is 345 g/mol. The number of hydrogen-bond donors (Lipinski definition) is 0. The molecule has 0 aliphatic rings. The number of para-hydroxylation sites is 1. The summed E-state index contributed by atoms with van der Waals surface area (Å²) in [4.78, 5) is 38.5. The van der Waals surface area contributed by atoms with Gasteiger partial charge in [-0.05, 0) is 36.8 Å². The Morgan fingerprint density at radius 2 is 1.80 bits per heavy atom. The van der Waals surface area contributed by atoms with Gasteiger partial charge in [-0.3, -0.25) is 0 Å². The maximum Gasteiger partial charge on any atom is 0.514 e. The predicted molar refractivity (Wildman–Crippen MR) is 86.2 cm³/mol. The molecule has 0 atom stereocenters. The van der Waals surface area contributed by atoms with Gasteiger partial charge in [-0.15, -0.1) is 4.91 Å². The molecule has 8 heteroatoms. The van der Waals surface area contributed by atoms with Crippen LogP contribution in [0.25, 0.3) is 0 Å². The van der Waals surface area contributed by atoms with Gasteiger partial charge in [-0.1, -0.05) is 18.2 Å². The van der Waals surface area contributed by atoms with Gasteiger partial charge in [0.1, 0.15) is 12.4 Å². The molecular formula is C17H15NO7. The zero-order chi connectivity index (χ0) is 18.2. The third-order valence-corrected chi connectivity index (χ3v) is 3.21. The van der Waals surface area contributed by atoms with E-state index < -0.39 is 12.1 Å². The van der Waals surface area contributed by atoms with Crippen LogP contribution >= 0.6 is 0 Å². The van der Waals surface area contributed by atoms with Crippen molar-refractivity contribution in [3.63, 3.8) is 0 Å². The number of aryl methyl sites for hydroxylation is 1. The fourth-order valence-electron chi connectivity index (χ4n) is 2.18. The van der Waals surface area contributed by atoms with Crippen molar-refractivity contribution < 1.29 is 28.6 Å². The van der Waals surface area contributed by atoms with Gasteiger partial charge in [0, 0.05) is 5.56 Å². The minimum Gasteiger partial charge on any atom is -0.465 e. The minimum atomic E-state index is -0.945. The number of esters is 1. The number of methoxy groups -OCH3 is 1. The maximum absolute atomic E-state index is 11.9. The topological polar surface area (TPSA) is 100 Å². The lowest BCUT2D eigenvalue weighted by Crippen LogP contribution is -2.14. The second kappa shape index (κ2) is 8.44. The molecule has 130 valence electrons. The SMILES string of the molecule is COC(=O)c1c(C)cc(ON=O)cc1COC(=O)Oc1ccccc1. The molecule has 0 amide bonds. The van der Waals surface area contributed by atoms with Crippen molar-refractivity contribution in [2.24, 2.45) is 5.34 Å². The van der Waals surface area contributed by atoms with Crippen molar-refractivity contribution >= 4 is 12.1 Å². The standard InChI is InChI=1S/C17H15NO7/c1-11-8-14(25-18-21)9-12(15(11)16(19)22-2)10-23-17(20)24-13-6-4-3-5-7-13/h3-9H,10H2,1-2H3. The Morgan fingerprint density at radius 1 is 1.08 bits per heavy atom. The van der Waals surface area contributed by atoms with Gasteiger partial charge in [0.2, 0.25) is 0 Å². The van der Waals surface area contributed by atoms with Gasteiger partial charge in [0.25, 0.3) is 0 Å². The first kappa shape index (κ1) is 17.9. The maximum atomic E-state index is 11.9. The zero-order valence-electron chi connectivity index (χ0n) is 13.6. The third kappa shape index (κ3) is 4.77. The highest BCUT2D eigenvalue weighted by atomic mass is 16.7. The van der Waals surface area contributed by atoms with E-state index >= 15 is 0 Å². The molecule has 0 aliphatic carbocycles. The highest BCUT2D eigenvalue weighted by molar-refractivity contribution is 5.93. The number of rotatable bonds is 6. The van der Waals surface area contributed by atoms with Crippen molar-refractivity contribution in [3.05, 3.63) is 64.1 Å². The van der Waals surface area contributed by atoms with E-state index in [2.05, 4.69) is 10.2 Å². The number of carbonyl (C=O) groups is 2. The van der Waals surface area contributed by atoms with Gasteiger partial charge in [0.15, 0.2) is 11.1 Å². The second-order valence-corrected chi connectivity index (χ2v) is 4.89. The van der Waals surface area contributed by atoms with E-state index in [0.717, 1.165) is 0 Å². The Morgan fingerprint density at radius 3 is 2.44 bits per heavy atom. The van der Waals surface area contributed by atoms with E-state index in [0.29, 0.717) is 11.3 Å². The Hall–Kier alpha value is -3.42. The van der Waals surface area contributed by atoms with Crippen LogP contribution < -0.4 is 9.57 Å². The number of nitrogens with zero attached hydrogens (tertiary/aromatic N) is 1. The van der Waals surface area contributed by atoms with E-state index in [1.54, 1.807) is 37.3 Å². The molecule has 2 aromatic rings. The average Bonchev–Trinajstić information content (AvgIpc) is 2.60. The van der Waals surface area contributed by atoms with Crippen LogP contribution in [0.4, 0.5) is 4.79 Å². The van der Waals surface area contributed by atoms with Crippen LogP contribution in [-0.4, -0.2) is 19.2 Å². The first-order valence-electron chi connectivity index (χ1n) is 7.16. The first-order valence-corrected chi connectivity index (χ1v) is 7.16. The average molecular weight is 345 g/mol. The van der Waals surface area contributed by atoms with Crippen molar-refractivity contribution in [2.75, 3.05) is 7.11 Å². The van der Waals surface area contributed by atoms with Gasteiger partial charge in [0.05, 0.1) is 12.7 Å². The van der Waals surface area contributed by atoms with Crippen molar-refractivity contribution in [1.29, 1.82) is 0 Å². The summed E-state index contributed by atoms with van der Waals surface area (Å²) in [6.45, 7) is 1.34. The molecule has 2 aromatic carbocycles. The number of ether oxygens (including phenoxy) is 3. The summed E-state index contributed by atoms with van der Waals surface area (Å²) in [6.07, 6.45) is -0.945. The molecule has 0 heterocycles. The Kier molecular flexibility index (Phi) is 6.05. The molecule has 8 nitrogen and oxygen atoms in total. The molecular weight excluding hydrogens is 330 g/mol. The summed E-state index contributed by atoms with van der Waals surface area (Å²) in [5.74, 6) is -0.188. The summed E-state index contributed by atoms with van der Waals surface area (Å²) >= 11 is 0. The van der Waals surface area contributed by atoms with Gasteiger partial charge in [-0.2, -0.15) is 0 Å². The lowest BCUT2D eigenvalue weighted by atomic mass is 10.0. The van der Waals surface area contributed by atoms with Gasteiger partial charge < -0.3 is 19.0 Å².